The molecular formula is C32H37NO7S. The molecule has 0 bridgehead atoms. The number of hydrogen-bond donors (Lipinski definition) is 3. The van der Waals surface area contributed by atoms with E-state index < -0.39 is 18.4 Å². The molecule has 9 heteroatoms. The highest BCUT2D eigenvalue weighted by molar-refractivity contribution is 7.99. The van der Waals surface area contributed by atoms with E-state index in [0.717, 1.165) is 39.1 Å². The minimum atomic E-state index is -0.856. The van der Waals surface area contributed by atoms with Gasteiger partial charge < -0.3 is 29.7 Å². The summed E-state index contributed by atoms with van der Waals surface area (Å²) in [5.41, 5.74) is 5.65. The van der Waals surface area contributed by atoms with E-state index in [1.54, 1.807) is 18.7 Å². The van der Waals surface area contributed by atoms with Crippen LogP contribution in [0.2, 0.25) is 0 Å². The number of hydrogen-bond acceptors (Lipinski definition) is 8. The Kier molecular flexibility index (Phi) is 11.4. The van der Waals surface area contributed by atoms with Gasteiger partial charge in [0.2, 0.25) is 0 Å². The van der Waals surface area contributed by atoms with Gasteiger partial charge in [0.15, 0.2) is 12.4 Å². The predicted octanol–water partition coefficient (Wildman–Crippen LogP) is 4.68. The molecular weight excluding hydrogens is 542 g/mol. The fraction of sp³-hybridized carbons (Fsp3) is 0.375. The number of esters is 1. The third-order valence-corrected chi connectivity index (χ3v) is 7.83. The molecule has 3 aromatic carbocycles. The van der Waals surface area contributed by atoms with Crippen molar-refractivity contribution in [1.29, 1.82) is 0 Å². The van der Waals surface area contributed by atoms with E-state index >= 15 is 0 Å². The van der Waals surface area contributed by atoms with Crippen LogP contribution in [0.3, 0.4) is 0 Å². The Morgan fingerprint density at radius 1 is 0.976 bits per heavy atom. The Bertz CT molecular complexity index is 1300. The van der Waals surface area contributed by atoms with Crippen LogP contribution in [0.5, 0.6) is 0 Å². The number of aliphatic hydroxyl groups excluding tert-OH is 2. The van der Waals surface area contributed by atoms with Crippen molar-refractivity contribution in [1.82, 2.24) is 5.32 Å². The molecule has 0 aromatic heterocycles. The van der Waals surface area contributed by atoms with E-state index in [9.17, 15) is 19.8 Å². The molecule has 8 nitrogen and oxygen atoms in total. The van der Waals surface area contributed by atoms with Crippen molar-refractivity contribution < 1.29 is 34.0 Å². The fourth-order valence-corrected chi connectivity index (χ4v) is 5.44. The number of ether oxygens (including phenoxy) is 3. The summed E-state index contributed by atoms with van der Waals surface area (Å²) in [6.45, 7) is 3.23. The van der Waals surface area contributed by atoms with Gasteiger partial charge in [-0.25, -0.2) is 0 Å². The van der Waals surface area contributed by atoms with Gasteiger partial charge in [-0.2, -0.15) is 11.8 Å². The molecule has 0 spiro atoms. The van der Waals surface area contributed by atoms with Gasteiger partial charge in [-0.15, -0.1) is 0 Å². The van der Waals surface area contributed by atoms with Crippen molar-refractivity contribution in [3.05, 3.63) is 95.1 Å². The molecule has 1 aliphatic rings. The van der Waals surface area contributed by atoms with Crippen LogP contribution in [0.1, 0.15) is 54.9 Å². The molecule has 4 unspecified atom stereocenters. The van der Waals surface area contributed by atoms with Gasteiger partial charge >= 0.3 is 5.97 Å². The largest absolute Gasteiger partial charge is 0.453 e. The van der Waals surface area contributed by atoms with Crippen molar-refractivity contribution in [2.24, 2.45) is 0 Å². The topological polar surface area (TPSA) is 114 Å². The van der Waals surface area contributed by atoms with Crippen molar-refractivity contribution in [2.45, 2.75) is 58.0 Å². The number of aliphatic hydroxyl groups is 2. The van der Waals surface area contributed by atoms with Gasteiger partial charge in [0, 0.05) is 37.0 Å². The van der Waals surface area contributed by atoms with E-state index in [0.29, 0.717) is 18.7 Å². The zero-order chi connectivity index (χ0) is 29.2. The van der Waals surface area contributed by atoms with Gasteiger partial charge in [0.25, 0.3) is 5.91 Å². The maximum Gasteiger partial charge on any atom is 0.303 e. The van der Waals surface area contributed by atoms with Gasteiger partial charge in [0.05, 0.1) is 25.4 Å². The summed E-state index contributed by atoms with van der Waals surface area (Å²) in [6, 6.07) is 23.7. The second kappa shape index (κ2) is 15.1. The Morgan fingerprint density at radius 2 is 1.71 bits per heavy atom. The van der Waals surface area contributed by atoms with Gasteiger partial charge in [-0.05, 0) is 46.9 Å². The summed E-state index contributed by atoms with van der Waals surface area (Å²) in [5, 5.41) is 21.5. The number of benzene rings is 3. The van der Waals surface area contributed by atoms with Crippen LogP contribution in [0.4, 0.5) is 0 Å². The van der Waals surface area contributed by atoms with Crippen LogP contribution in [0, 0.1) is 0 Å². The molecule has 1 saturated heterocycles. The molecule has 0 aliphatic carbocycles. The quantitative estimate of drug-likeness (QED) is 0.209. The monoisotopic (exact) mass is 579 g/mol. The van der Waals surface area contributed by atoms with Crippen LogP contribution in [-0.2, 0) is 37.0 Å². The summed E-state index contributed by atoms with van der Waals surface area (Å²) in [7, 11) is 0. The predicted molar refractivity (Wildman–Crippen MR) is 158 cm³/mol. The molecule has 4 atom stereocenters. The standard InChI is InChI=1S/C32H37NO7S/c1-21(38-22(2)36)31(37)33-18-24-5-3-6-26(15-24)27-7-4-8-28(16-27)32-39-29(20-41-14-13-34)17-30(40-32)25-11-9-23(19-35)10-12-25/h3-12,15-16,21,29-30,32,34-35H,13-14,17-20H2,1-2H3,(H,33,37). The average Bonchev–Trinajstić information content (AvgIpc) is 3.00. The Morgan fingerprint density at radius 3 is 2.41 bits per heavy atom. The number of carbonyl (C=O) groups excluding carboxylic acids is 2. The SMILES string of the molecule is CC(=O)OC(C)C(=O)NCc1cccc(-c2cccc(C3OC(CSCCO)CC(c4ccc(CO)cc4)O3)c2)c1. The van der Waals surface area contributed by atoms with Crippen LogP contribution in [0.25, 0.3) is 11.1 Å². The van der Waals surface area contributed by atoms with E-state index in [2.05, 4.69) is 11.4 Å². The Balaban J connectivity index is 1.50. The number of carbonyl (C=O) groups is 2. The molecule has 3 N–H and O–H groups in total. The molecule has 41 heavy (non-hydrogen) atoms. The van der Waals surface area contributed by atoms with E-state index in [1.807, 2.05) is 66.7 Å². The molecule has 1 heterocycles. The lowest BCUT2D eigenvalue weighted by molar-refractivity contribution is -0.245. The van der Waals surface area contributed by atoms with Crippen LogP contribution in [0.15, 0.2) is 72.8 Å². The molecule has 1 aliphatic heterocycles. The highest BCUT2D eigenvalue weighted by Crippen LogP contribution is 2.39. The molecule has 4 rings (SSSR count). The number of rotatable bonds is 12. The minimum absolute atomic E-state index is 0.00820. The smallest absolute Gasteiger partial charge is 0.303 e. The molecule has 1 fully saturated rings. The summed E-state index contributed by atoms with van der Waals surface area (Å²) in [5.74, 6) is 0.541. The van der Waals surface area contributed by atoms with Crippen molar-refractivity contribution >= 4 is 23.6 Å². The maximum absolute atomic E-state index is 12.3. The van der Waals surface area contributed by atoms with E-state index in [1.165, 1.54) is 6.92 Å². The second-order valence-corrected chi connectivity index (χ2v) is 11.1. The van der Waals surface area contributed by atoms with Crippen LogP contribution in [-0.4, -0.2) is 52.4 Å². The summed E-state index contributed by atoms with van der Waals surface area (Å²) in [6.07, 6.45) is -0.970. The first-order valence-corrected chi connectivity index (χ1v) is 14.8. The summed E-state index contributed by atoms with van der Waals surface area (Å²) < 4.78 is 17.8. The van der Waals surface area contributed by atoms with Crippen molar-refractivity contribution in [3.63, 3.8) is 0 Å². The lowest BCUT2D eigenvalue weighted by Gasteiger charge is -2.36. The first-order chi connectivity index (χ1) is 19.9. The van der Waals surface area contributed by atoms with Gasteiger partial charge in [-0.3, -0.25) is 9.59 Å². The van der Waals surface area contributed by atoms with Crippen molar-refractivity contribution in [3.8, 4) is 11.1 Å². The van der Waals surface area contributed by atoms with E-state index in [-0.39, 0.29) is 31.3 Å². The van der Waals surface area contributed by atoms with Crippen LogP contribution >= 0.6 is 11.8 Å². The molecule has 0 radical (unpaired) electrons. The average molecular weight is 580 g/mol. The highest BCUT2D eigenvalue weighted by atomic mass is 32.2. The third kappa shape index (κ3) is 8.89. The third-order valence-electron chi connectivity index (χ3n) is 6.75. The van der Waals surface area contributed by atoms with Crippen molar-refractivity contribution in [2.75, 3.05) is 18.1 Å². The molecule has 1 amide bonds. The number of nitrogens with one attached hydrogen (secondary N) is 1. The second-order valence-electron chi connectivity index (χ2n) is 9.94. The van der Waals surface area contributed by atoms with Gasteiger partial charge in [0.1, 0.15) is 0 Å². The lowest BCUT2D eigenvalue weighted by Crippen LogP contribution is -2.35. The van der Waals surface area contributed by atoms with Gasteiger partial charge in [-0.1, -0.05) is 60.7 Å². The lowest BCUT2D eigenvalue weighted by atomic mass is 9.99. The summed E-state index contributed by atoms with van der Waals surface area (Å²) >= 11 is 1.65. The maximum atomic E-state index is 12.3. The number of thioether (sulfide) groups is 1. The Hall–Kier alpha value is -3.21. The zero-order valence-electron chi connectivity index (χ0n) is 23.3. The fourth-order valence-electron chi connectivity index (χ4n) is 4.66. The molecule has 218 valence electrons. The van der Waals surface area contributed by atoms with E-state index in [4.69, 9.17) is 14.2 Å². The first kappa shape index (κ1) is 30.7. The number of amides is 1. The van der Waals surface area contributed by atoms with Crippen LogP contribution < -0.4 is 5.32 Å². The summed E-state index contributed by atoms with van der Waals surface area (Å²) in [4.78, 5) is 23.4. The highest BCUT2D eigenvalue weighted by Gasteiger charge is 2.32. The normalized spacial score (nSPS) is 19.4. The molecule has 0 saturated carbocycles. The minimum Gasteiger partial charge on any atom is -0.453 e. The zero-order valence-corrected chi connectivity index (χ0v) is 24.1. The Labute approximate surface area is 245 Å². The molecule has 3 aromatic rings. The first-order valence-electron chi connectivity index (χ1n) is 13.7.